The maximum atomic E-state index is 12.5. The number of piperidine rings is 1. The molecular weight excluding hydrogens is 338 g/mol. The molecule has 3 N–H and O–H groups in total. The topological polar surface area (TPSA) is 70.2 Å². The summed E-state index contributed by atoms with van der Waals surface area (Å²) in [5.41, 5.74) is 0. The summed E-state index contributed by atoms with van der Waals surface area (Å²) in [5.74, 6) is 1.39. The number of nitrogens with one attached hydrogen (secondary N) is 3. The van der Waals surface area contributed by atoms with Crippen LogP contribution >= 0.6 is 12.4 Å². The van der Waals surface area contributed by atoms with E-state index in [1.807, 2.05) is 0 Å². The Hall–Kier alpha value is -0.810. The molecule has 0 aromatic rings. The highest BCUT2D eigenvalue weighted by Crippen LogP contribution is 2.28. The Kier molecular flexibility index (Phi) is 8.01. The molecular formula is C19H34ClN3O2. The molecule has 0 spiro atoms. The zero-order valence-electron chi connectivity index (χ0n) is 15.4. The Morgan fingerprint density at radius 3 is 2.08 bits per heavy atom. The monoisotopic (exact) mass is 371 g/mol. The lowest BCUT2D eigenvalue weighted by atomic mass is 9.84. The second-order valence-electron chi connectivity index (χ2n) is 8.12. The summed E-state index contributed by atoms with van der Waals surface area (Å²) in [5, 5.41) is 9.84. The van der Waals surface area contributed by atoms with E-state index >= 15 is 0 Å². The molecule has 3 aliphatic rings. The van der Waals surface area contributed by atoms with Gasteiger partial charge in [-0.05, 0) is 57.4 Å². The maximum absolute atomic E-state index is 12.5. The van der Waals surface area contributed by atoms with Crippen LogP contribution in [0.2, 0.25) is 0 Å². The van der Waals surface area contributed by atoms with Crippen LogP contribution in [-0.4, -0.2) is 37.0 Å². The molecule has 5 nitrogen and oxygen atoms in total. The predicted octanol–water partition coefficient (Wildman–Crippen LogP) is 2.39. The number of hydrogen-bond donors (Lipinski definition) is 3. The molecule has 1 aliphatic heterocycles. The second kappa shape index (κ2) is 9.77. The van der Waals surface area contributed by atoms with Crippen molar-refractivity contribution in [2.75, 3.05) is 13.1 Å². The molecule has 3 fully saturated rings. The SMILES string of the molecule is CC1CCNCC1NC(=O)C1CCC(NC(=O)C2CCCC2)CC1.Cl. The number of rotatable bonds is 4. The molecule has 2 amide bonds. The van der Waals surface area contributed by atoms with Gasteiger partial charge in [-0.25, -0.2) is 0 Å². The first kappa shape index (κ1) is 20.5. The summed E-state index contributed by atoms with van der Waals surface area (Å²) < 4.78 is 0. The van der Waals surface area contributed by atoms with Gasteiger partial charge in [-0.2, -0.15) is 0 Å². The smallest absolute Gasteiger partial charge is 0.223 e. The molecule has 2 saturated carbocycles. The molecule has 2 aliphatic carbocycles. The van der Waals surface area contributed by atoms with Gasteiger partial charge in [0.1, 0.15) is 0 Å². The number of carbonyl (C=O) groups excluding carboxylic acids is 2. The van der Waals surface area contributed by atoms with Gasteiger partial charge in [0.2, 0.25) is 11.8 Å². The minimum atomic E-state index is 0. The molecule has 25 heavy (non-hydrogen) atoms. The van der Waals surface area contributed by atoms with Crippen LogP contribution in [0.1, 0.15) is 64.7 Å². The molecule has 6 heteroatoms. The van der Waals surface area contributed by atoms with Gasteiger partial charge in [0.25, 0.3) is 0 Å². The van der Waals surface area contributed by atoms with Crippen LogP contribution in [0, 0.1) is 17.8 Å². The van der Waals surface area contributed by atoms with Crippen LogP contribution in [0.25, 0.3) is 0 Å². The molecule has 144 valence electrons. The van der Waals surface area contributed by atoms with Crippen LogP contribution in [0.4, 0.5) is 0 Å². The summed E-state index contributed by atoms with van der Waals surface area (Å²) in [4.78, 5) is 24.8. The van der Waals surface area contributed by atoms with Gasteiger partial charge in [0.15, 0.2) is 0 Å². The highest BCUT2D eigenvalue weighted by Gasteiger charge is 2.31. The first-order chi connectivity index (χ1) is 11.6. The van der Waals surface area contributed by atoms with Crippen LogP contribution in [-0.2, 0) is 9.59 Å². The van der Waals surface area contributed by atoms with Crippen LogP contribution in [0.5, 0.6) is 0 Å². The zero-order chi connectivity index (χ0) is 16.9. The van der Waals surface area contributed by atoms with Crippen molar-refractivity contribution in [2.45, 2.75) is 76.8 Å². The van der Waals surface area contributed by atoms with E-state index in [0.717, 1.165) is 58.0 Å². The highest BCUT2D eigenvalue weighted by molar-refractivity contribution is 5.85. The number of halogens is 1. The van der Waals surface area contributed by atoms with Crippen molar-refractivity contribution in [3.63, 3.8) is 0 Å². The van der Waals surface area contributed by atoms with E-state index in [1.165, 1.54) is 12.8 Å². The van der Waals surface area contributed by atoms with E-state index in [9.17, 15) is 9.59 Å². The first-order valence-corrected chi connectivity index (χ1v) is 9.95. The van der Waals surface area contributed by atoms with E-state index in [0.29, 0.717) is 5.92 Å². The van der Waals surface area contributed by atoms with E-state index < -0.39 is 0 Å². The fourth-order valence-electron chi connectivity index (χ4n) is 4.49. The van der Waals surface area contributed by atoms with Crippen molar-refractivity contribution in [3.8, 4) is 0 Å². The van der Waals surface area contributed by atoms with Crippen molar-refractivity contribution in [1.82, 2.24) is 16.0 Å². The Balaban J connectivity index is 0.00000225. The molecule has 2 atom stereocenters. The summed E-state index contributed by atoms with van der Waals surface area (Å²) in [6.45, 7) is 4.17. The quantitative estimate of drug-likeness (QED) is 0.710. The number of amides is 2. The van der Waals surface area contributed by atoms with E-state index in [2.05, 4.69) is 22.9 Å². The first-order valence-electron chi connectivity index (χ1n) is 9.95. The average Bonchev–Trinajstić information content (AvgIpc) is 3.12. The third-order valence-corrected chi connectivity index (χ3v) is 6.33. The molecule has 0 bridgehead atoms. The molecule has 2 unspecified atom stereocenters. The van der Waals surface area contributed by atoms with E-state index in [1.54, 1.807) is 0 Å². The summed E-state index contributed by atoms with van der Waals surface area (Å²) in [7, 11) is 0. The van der Waals surface area contributed by atoms with Crippen molar-refractivity contribution in [1.29, 1.82) is 0 Å². The Labute approximate surface area is 157 Å². The van der Waals surface area contributed by atoms with Crippen molar-refractivity contribution < 1.29 is 9.59 Å². The predicted molar refractivity (Wildman–Crippen MR) is 102 cm³/mol. The lowest BCUT2D eigenvalue weighted by Gasteiger charge is -2.33. The van der Waals surface area contributed by atoms with Crippen molar-refractivity contribution >= 4 is 24.2 Å². The van der Waals surface area contributed by atoms with Gasteiger partial charge in [-0.3, -0.25) is 9.59 Å². The zero-order valence-corrected chi connectivity index (χ0v) is 16.2. The normalized spacial score (nSPS) is 33.3. The molecule has 0 aromatic heterocycles. The fraction of sp³-hybridized carbons (Fsp3) is 0.895. The van der Waals surface area contributed by atoms with Crippen LogP contribution in [0.3, 0.4) is 0 Å². The minimum Gasteiger partial charge on any atom is -0.353 e. The van der Waals surface area contributed by atoms with Crippen LogP contribution in [0.15, 0.2) is 0 Å². The van der Waals surface area contributed by atoms with Gasteiger partial charge in [0, 0.05) is 30.5 Å². The molecule has 0 radical (unpaired) electrons. The lowest BCUT2D eigenvalue weighted by Crippen LogP contribution is -2.52. The molecule has 1 heterocycles. The Morgan fingerprint density at radius 1 is 0.840 bits per heavy atom. The summed E-state index contributed by atoms with van der Waals surface area (Å²) >= 11 is 0. The Morgan fingerprint density at radius 2 is 1.44 bits per heavy atom. The number of carbonyl (C=O) groups is 2. The molecule has 0 aromatic carbocycles. The molecule has 3 rings (SSSR count). The standard InChI is InChI=1S/C19H33N3O2.ClH/c1-13-10-11-20-12-17(13)22-19(24)15-6-8-16(9-7-15)21-18(23)14-4-2-3-5-14;/h13-17,20H,2-12H2,1H3,(H,21,23)(H,22,24);1H. The Bertz CT molecular complexity index is 446. The summed E-state index contributed by atoms with van der Waals surface area (Å²) in [6.07, 6.45) is 9.30. The maximum Gasteiger partial charge on any atom is 0.223 e. The highest BCUT2D eigenvalue weighted by atomic mass is 35.5. The summed E-state index contributed by atoms with van der Waals surface area (Å²) in [6, 6.07) is 0.545. The van der Waals surface area contributed by atoms with Gasteiger partial charge < -0.3 is 16.0 Å². The number of hydrogen-bond acceptors (Lipinski definition) is 3. The van der Waals surface area contributed by atoms with Crippen molar-refractivity contribution in [3.05, 3.63) is 0 Å². The largest absolute Gasteiger partial charge is 0.353 e. The van der Waals surface area contributed by atoms with Gasteiger partial charge in [0.05, 0.1) is 0 Å². The van der Waals surface area contributed by atoms with Crippen molar-refractivity contribution in [2.24, 2.45) is 17.8 Å². The second-order valence-corrected chi connectivity index (χ2v) is 8.12. The van der Waals surface area contributed by atoms with E-state index in [4.69, 9.17) is 0 Å². The minimum absolute atomic E-state index is 0. The third kappa shape index (κ3) is 5.58. The van der Waals surface area contributed by atoms with Gasteiger partial charge in [-0.1, -0.05) is 19.8 Å². The molecule has 1 saturated heterocycles. The average molecular weight is 372 g/mol. The van der Waals surface area contributed by atoms with Gasteiger partial charge >= 0.3 is 0 Å². The van der Waals surface area contributed by atoms with Gasteiger partial charge in [-0.15, -0.1) is 12.4 Å². The fourth-order valence-corrected chi connectivity index (χ4v) is 4.49. The van der Waals surface area contributed by atoms with Crippen LogP contribution < -0.4 is 16.0 Å². The van der Waals surface area contributed by atoms with E-state index in [-0.39, 0.29) is 48.1 Å². The lowest BCUT2D eigenvalue weighted by molar-refractivity contribution is -0.127. The third-order valence-electron chi connectivity index (χ3n) is 6.33.